The Morgan fingerprint density at radius 1 is 0.925 bits per heavy atom. The first kappa shape index (κ1) is 28.0. The Labute approximate surface area is 240 Å². The van der Waals surface area contributed by atoms with E-state index >= 15 is 0 Å². The van der Waals surface area contributed by atoms with Crippen LogP contribution in [0.2, 0.25) is 0 Å². The van der Waals surface area contributed by atoms with Crippen molar-refractivity contribution < 1.29 is 19.7 Å². The molecule has 4 atom stereocenters. The van der Waals surface area contributed by atoms with Crippen LogP contribution in [0.25, 0.3) is 0 Å². The lowest BCUT2D eigenvalue weighted by Gasteiger charge is -2.59. The van der Waals surface area contributed by atoms with Gasteiger partial charge in [-0.25, -0.2) is 4.79 Å². The maximum atomic E-state index is 12.7. The van der Waals surface area contributed by atoms with E-state index in [0.29, 0.717) is 35.7 Å². The zero-order valence-electron chi connectivity index (χ0n) is 24.4. The molecule has 216 valence electrons. The standard InChI is InChI=1S/C36H48O4/c1-34-25-28(14-8-5-3-2-4-6-11-23-37)32-30-17-16-29(40-33(38)26-12-9-7-10-13-26)24-27(30)15-18-31(32)35(34)19-21-36(34,39)22-20-35/h7,9-10,12-13,16-17,24,28,31-32,37,39H,2-6,8,11,14-15,18-23,25H2,1H3/t28-,31+,32+,34-,35?,36?/m0/s1. The van der Waals surface area contributed by atoms with E-state index in [4.69, 9.17) is 9.84 Å². The van der Waals surface area contributed by atoms with Crippen LogP contribution in [0.1, 0.15) is 124 Å². The molecule has 4 aliphatic rings. The SMILES string of the molecule is C[C@]12C[C@H](CCCCCCCCCO)[C@@H]3c4ccc(OC(=O)c5ccccc5)cc4CC[C@H]3C13CCC2(O)CC3. The van der Waals surface area contributed by atoms with Gasteiger partial charge < -0.3 is 14.9 Å². The van der Waals surface area contributed by atoms with E-state index in [1.54, 1.807) is 12.1 Å². The largest absolute Gasteiger partial charge is 0.423 e. The fraction of sp³-hybridized carbons (Fsp3) is 0.639. The summed E-state index contributed by atoms with van der Waals surface area (Å²) in [5.41, 5.74) is 3.26. The van der Waals surface area contributed by atoms with Crippen LogP contribution in [0.4, 0.5) is 0 Å². The Morgan fingerprint density at radius 2 is 1.62 bits per heavy atom. The molecule has 4 heteroatoms. The molecule has 0 aliphatic heterocycles. The Morgan fingerprint density at radius 3 is 2.35 bits per heavy atom. The molecule has 0 aromatic heterocycles. The summed E-state index contributed by atoms with van der Waals surface area (Å²) in [7, 11) is 0. The monoisotopic (exact) mass is 544 g/mol. The average Bonchev–Trinajstić information content (AvgIpc) is 3.34. The second kappa shape index (κ2) is 11.2. The lowest BCUT2D eigenvalue weighted by Crippen LogP contribution is -2.54. The number of fused-ring (bicyclic) bond motifs is 3. The summed E-state index contributed by atoms with van der Waals surface area (Å²) < 4.78 is 5.82. The minimum atomic E-state index is -0.474. The van der Waals surface area contributed by atoms with Gasteiger partial charge in [-0.2, -0.15) is 0 Å². The smallest absolute Gasteiger partial charge is 0.343 e. The third kappa shape index (κ3) is 4.64. The minimum Gasteiger partial charge on any atom is -0.423 e. The normalized spacial score (nSPS) is 33.7. The number of aliphatic hydroxyl groups is 2. The number of ether oxygens (including phenoxy) is 1. The van der Waals surface area contributed by atoms with Crippen LogP contribution in [0, 0.1) is 22.7 Å². The van der Waals surface area contributed by atoms with E-state index in [0.717, 1.165) is 38.5 Å². The van der Waals surface area contributed by atoms with Gasteiger partial charge in [-0.15, -0.1) is 0 Å². The van der Waals surface area contributed by atoms with Crippen molar-refractivity contribution in [1.29, 1.82) is 0 Å². The van der Waals surface area contributed by atoms with Gasteiger partial charge in [-0.1, -0.05) is 69.7 Å². The van der Waals surface area contributed by atoms with Crippen molar-refractivity contribution in [3.05, 3.63) is 65.2 Å². The predicted molar refractivity (Wildman–Crippen MR) is 158 cm³/mol. The molecule has 2 aromatic carbocycles. The molecular weight excluding hydrogens is 496 g/mol. The highest BCUT2D eigenvalue weighted by molar-refractivity contribution is 5.91. The summed E-state index contributed by atoms with van der Waals surface area (Å²) in [6.07, 6.45) is 17.3. The molecule has 2 aromatic rings. The molecule has 3 fully saturated rings. The maximum absolute atomic E-state index is 12.7. The fourth-order valence-electron chi connectivity index (χ4n) is 10.0. The van der Waals surface area contributed by atoms with E-state index in [1.807, 2.05) is 24.3 Å². The number of hydrogen-bond donors (Lipinski definition) is 2. The minimum absolute atomic E-state index is 0.0405. The third-order valence-corrected chi connectivity index (χ3v) is 12.1. The molecule has 0 spiro atoms. The van der Waals surface area contributed by atoms with Crippen LogP contribution in [0.3, 0.4) is 0 Å². The number of esters is 1. The molecule has 0 heterocycles. The second-order valence-corrected chi connectivity index (χ2v) is 13.8. The van der Waals surface area contributed by atoms with E-state index in [-0.39, 0.29) is 16.8 Å². The van der Waals surface area contributed by atoms with E-state index in [2.05, 4.69) is 19.1 Å². The first-order chi connectivity index (χ1) is 19.4. The third-order valence-electron chi connectivity index (χ3n) is 12.1. The zero-order valence-corrected chi connectivity index (χ0v) is 24.4. The number of unbranched alkanes of at least 4 members (excludes halogenated alkanes) is 6. The molecule has 0 amide bonds. The molecule has 2 N–H and O–H groups in total. The van der Waals surface area contributed by atoms with Crippen LogP contribution in [-0.4, -0.2) is 28.4 Å². The Hall–Kier alpha value is -2.17. The van der Waals surface area contributed by atoms with Crippen LogP contribution < -0.4 is 4.74 Å². The molecule has 2 bridgehead atoms. The Balaban J connectivity index is 1.21. The van der Waals surface area contributed by atoms with Crippen LogP contribution >= 0.6 is 0 Å². The zero-order chi connectivity index (χ0) is 27.8. The molecule has 4 nitrogen and oxygen atoms in total. The number of aliphatic hydroxyl groups excluding tert-OH is 1. The van der Waals surface area contributed by atoms with Crippen LogP contribution in [-0.2, 0) is 6.42 Å². The quantitative estimate of drug-likeness (QED) is 0.171. The number of rotatable bonds is 11. The van der Waals surface area contributed by atoms with Crippen molar-refractivity contribution in [1.82, 2.24) is 0 Å². The maximum Gasteiger partial charge on any atom is 0.343 e. The lowest BCUT2D eigenvalue weighted by molar-refractivity contribution is -0.121. The molecule has 4 aliphatic carbocycles. The highest BCUT2D eigenvalue weighted by Crippen LogP contribution is 2.78. The first-order valence-corrected chi connectivity index (χ1v) is 16.1. The van der Waals surface area contributed by atoms with Gasteiger partial charge in [0.15, 0.2) is 0 Å². The number of aryl methyl sites for hydroxylation is 1. The molecule has 6 rings (SSSR count). The van der Waals surface area contributed by atoms with Gasteiger partial charge in [0.2, 0.25) is 0 Å². The highest BCUT2D eigenvalue weighted by Gasteiger charge is 2.74. The van der Waals surface area contributed by atoms with E-state index in [9.17, 15) is 9.90 Å². The number of hydrogen-bond acceptors (Lipinski definition) is 4. The second-order valence-electron chi connectivity index (χ2n) is 13.8. The van der Waals surface area contributed by atoms with Crippen LogP contribution in [0.5, 0.6) is 5.75 Å². The van der Waals surface area contributed by atoms with Gasteiger partial charge in [0.05, 0.1) is 11.2 Å². The highest BCUT2D eigenvalue weighted by atomic mass is 16.5. The van der Waals surface area contributed by atoms with Crippen molar-refractivity contribution in [2.75, 3.05) is 6.61 Å². The summed E-state index contributed by atoms with van der Waals surface area (Å²) in [5, 5.41) is 20.9. The summed E-state index contributed by atoms with van der Waals surface area (Å²) >= 11 is 0. The first-order valence-electron chi connectivity index (χ1n) is 16.1. The van der Waals surface area contributed by atoms with E-state index in [1.165, 1.54) is 68.9 Å². The van der Waals surface area contributed by atoms with Crippen molar-refractivity contribution in [3.63, 3.8) is 0 Å². The predicted octanol–water partition coefficient (Wildman–Crippen LogP) is 8.00. The molecule has 40 heavy (non-hydrogen) atoms. The Bertz CT molecular complexity index is 1180. The molecular formula is C36H48O4. The topological polar surface area (TPSA) is 66.8 Å². The molecule has 0 saturated heterocycles. The Kier molecular flexibility index (Phi) is 7.87. The van der Waals surface area contributed by atoms with Crippen molar-refractivity contribution in [2.45, 2.75) is 115 Å². The van der Waals surface area contributed by atoms with Crippen molar-refractivity contribution in [2.24, 2.45) is 22.7 Å². The number of benzene rings is 2. The summed E-state index contributed by atoms with van der Waals surface area (Å²) in [5.74, 6) is 2.12. The molecule has 0 radical (unpaired) electrons. The van der Waals surface area contributed by atoms with Gasteiger partial charge >= 0.3 is 5.97 Å². The van der Waals surface area contributed by atoms with E-state index < -0.39 is 5.60 Å². The summed E-state index contributed by atoms with van der Waals surface area (Å²) in [4.78, 5) is 12.7. The summed E-state index contributed by atoms with van der Waals surface area (Å²) in [6.45, 7) is 2.77. The average molecular weight is 545 g/mol. The molecule has 0 unspecified atom stereocenters. The van der Waals surface area contributed by atoms with Gasteiger partial charge in [0.25, 0.3) is 0 Å². The van der Waals surface area contributed by atoms with Gasteiger partial charge in [0.1, 0.15) is 5.75 Å². The van der Waals surface area contributed by atoms with Gasteiger partial charge in [-0.05, 0) is 116 Å². The number of carbonyl (C=O) groups excluding carboxylic acids is 1. The number of carbonyl (C=O) groups is 1. The van der Waals surface area contributed by atoms with Gasteiger partial charge in [-0.3, -0.25) is 0 Å². The van der Waals surface area contributed by atoms with Crippen molar-refractivity contribution >= 4 is 5.97 Å². The van der Waals surface area contributed by atoms with Gasteiger partial charge in [0, 0.05) is 12.0 Å². The van der Waals surface area contributed by atoms with Crippen molar-refractivity contribution in [3.8, 4) is 5.75 Å². The summed E-state index contributed by atoms with van der Waals surface area (Å²) in [6, 6.07) is 15.7. The fourth-order valence-corrected chi connectivity index (χ4v) is 10.0. The molecule has 3 saturated carbocycles. The lowest BCUT2D eigenvalue weighted by atomic mass is 9.45. The van der Waals surface area contributed by atoms with Crippen LogP contribution in [0.15, 0.2) is 48.5 Å².